The summed E-state index contributed by atoms with van der Waals surface area (Å²) in [4.78, 5) is 40.1. The fourth-order valence-corrected chi connectivity index (χ4v) is 7.23. The number of hydrogen-bond donors (Lipinski definition) is 5. The van der Waals surface area contributed by atoms with Crippen molar-refractivity contribution >= 4 is 23.3 Å². The molecule has 4 aromatic carbocycles. The van der Waals surface area contributed by atoms with Gasteiger partial charge in [0.15, 0.2) is 17.9 Å². The van der Waals surface area contributed by atoms with Crippen LogP contribution in [0.4, 0.5) is 10.5 Å². The molecule has 12 nitrogen and oxygen atoms in total. The fraction of sp³-hybridized carbons (Fsp3) is 0.308. The molecule has 0 spiro atoms. The SMILES string of the molecule is C[C@H]1O[C@@H](O[C@H]2CC(O)(COC(=O)Nc3ccccc3)Cc3c(O)c4c(c(O)c32)C(=O)c2ccccc2C4=O)C[C@H](N)[C@H]1OCc1ccccc1. The van der Waals surface area contributed by atoms with Crippen molar-refractivity contribution in [3.05, 3.63) is 124 Å². The van der Waals surface area contributed by atoms with E-state index in [1.807, 2.05) is 30.3 Å². The minimum atomic E-state index is -1.84. The molecule has 1 saturated heterocycles. The number of aliphatic hydroxyl groups is 1. The minimum Gasteiger partial charge on any atom is -0.507 e. The molecule has 51 heavy (non-hydrogen) atoms. The number of carbonyl (C=O) groups is 3. The second-order valence-electron chi connectivity index (χ2n) is 13.3. The van der Waals surface area contributed by atoms with E-state index < -0.39 is 72.0 Å². The quantitative estimate of drug-likeness (QED) is 0.139. The molecule has 0 radical (unpaired) electrons. The summed E-state index contributed by atoms with van der Waals surface area (Å²) in [5, 5.41) is 38.0. The number of carbonyl (C=O) groups excluding carboxylic acids is 3. The van der Waals surface area contributed by atoms with Crippen LogP contribution in [0.15, 0.2) is 84.9 Å². The van der Waals surface area contributed by atoms with E-state index in [-0.39, 0.29) is 52.6 Å². The fourth-order valence-electron chi connectivity index (χ4n) is 7.23. The summed E-state index contributed by atoms with van der Waals surface area (Å²) in [6.07, 6.45) is -4.36. The number of nitrogens with two attached hydrogens (primary N) is 1. The predicted octanol–water partition coefficient (Wildman–Crippen LogP) is 4.90. The number of para-hydroxylation sites is 1. The van der Waals surface area contributed by atoms with Gasteiger partial charge in [-0.3, -0.25) is 14.9 Å². The molecule has 0 bridgehead atoms. The van der Waals surface area contributed by atoms with E-state index in [2.05, 4.69) is 5.32 Å². The van der Waals surface area contributed by atoms with Gasteiger partial charge in [0.25, 0.3) is 0 Å². The summed E-state index contributed by atoms with van der Waals surface area (Å²) in [6, 6.07) is 23.9. The van der Waals surface area contributed by atoms with Gasteiger partial charge in [0, 0.05) is 53.2 Å². The molecule has 6 N–H and O–H groups in total. The Kier molecular flexibility index (Phi) is 9.36. The molecular formula is C39H38N2O10. The van der Waals surface area contributed by atoms with Gasteiger partial charge in [-0.1, -0.05) is 72.8 Å². The lowest BCUT2D eigenvalue weighted by Crippen LogP contribution is -2.53. The summed E-state index contributed by atoms with van der Waals surface area (Å²) < 4.78 is 24.2. The standard InChI is InChI=1S/C39H38N2O10/c1-21-37(48-19-22-10-4-2-5-11-22)27(40)16-29(50-21)51-28-18-39(47,20-49-38(46)41-23-12-6-3-7-13-23)17-26-30(28)36(45)32-31(35(26)44)33(42)24-14-8-9-15-25(24)34(32)43/h2-15,21,27-29,37,44-45,47H,16-20,40H2,1H3,(H,41,46)/t21-,27+,28+,29+,37+,39?/m1/s1. The van der Waals surface area contributed by atoms with Crippen molar-refractivity contribution in [3.8, 4) is 11.5 Å². The predicted molar refractivity (Wildman–Crippen MR) is 184 cm³/mol. The average molecular weight is 695 g/mol. The first-order valence-corrected chi connectivity index (χ1v) is 16.8. The maximum Gasteiger partial charge on any atom is 0.411 e. The number of fused-ring (bicyclic) bond motifs is 3. The van der Waals surface area contributed by atoms with Gasteiger partial charge in [-0.25, -0.2) is 4.79 Å². The number of rotatable bonds is 8. The average Bonchev–Trinajstić information content (AvgIpc) is 3.11. The van der Waals surface area contributed by atoms with E-state index in [1.165, 1.54) is 12.1 Å². The van der Waals surface area contributed by atoms with Gasteiger partial charge in [0.05, 0.1) is 36.0 Å². The Bertz CT molecular complexity index is 1960. The first-order chi connectivity index (χ1) is 24.5. The van der Waals surface area contributed by atoms with Crippen molar-refractivity contribution < 1.29 is 48.7 Å². The molecule has 12 heteroatoms. The highest BCUT2D eigenvalue weighted by Crippen LogP contribution is 2.52. The lowest BCUT2D eigenvalue weighted by Gasteiger charge is -2.43. The first kappa shape index (κ1) is 34.3. The van der Waals surface area contributed by atoms with Gasteiger partial charge in [-0.05, 0) is 24.6 Å². The normalized spacial score (nSPS) is 25.4. The maximum absolute atomic E-state index is 13.7. The largest absolute Gasteiger partial charge is 0.507 e. The van der Waals surface area contributed by atoms with Crippen molar-refractivity contribution in [2.75, 3.05) is 11.9 Å². The molecule has 0 saturated carbocycles. The number of anilines is 1. The van der Waals surface area contributed by atoms with Crippen LogP contribution in [0.25, 0.3) is 0 Å². The highest BCUT2D eigenvalue weighted by atomic mass is 16.7. The molecule has 0 aromatic heterocycles. The van der Waals surface area contributed by atoms with Gasteiger partial charge in [-0.2, -0.15) is 0 Å². The Labute approximate surface area is 293 Å². The molecular weight excluding hydrogens is 656 g/mol. The number of hydrogen-bond acceptors (Lipinski definition) is 11. The highest BCUT2D eigenvalue weighted by molar-refractivity contribution is 6.30. The number of nitrogens with one attached hydrogen (secondary N) is 1. The van der Waals surface area contributed by atoms with E-state index in [4.69, 9.17) is 24.7 Å². The Hall–Kier alpha value is -5.11. The molecule has 2 aliphatic carbocycles. The van der Waals surface area contributed by atoms with Gasteiger partial charge >= 0.3 is 6.09 Å². The third-order valence-corrected chi connectivity index (χ3v) is 9.66. The number of ketones is 2. The third-order valence-electron chi connectivity index (χ3n) is 9.66. The minimum absolute atomic E-state index is 0.0187. The first-order valence-electron chi connectivity index (χ1n) is 16.8. The van der Waals surface area contributed by atoms with Gasteiger partial charge in [0.1, 0.15) is 23.7 Å². The zero-order chi connectivity index (χ0) is 35.9. The smallest absolute Gasteiger partial charge is 0.411 e. The van der Waals surface area contributed by atoms with Crippen LogP contribution in [0.5, 0.6) is 11.5 Å². The molecule has 1 amide bonds. The van der Waals surface area contributed by atoms with Crippen LogP contribution in [-0.2, 0) is 32.0 Å². The van der Waals surface area contributed by atoms with Crippen molar-refractivity contribution in [1.82, 2.24) is 0 Å². The summed E-state index contributed by atoms with van der Waals surface area (Å²) in [6.45, 7) is 1.60. The van der Waals surface area contributed by atoms with Crippen LogP contribution >= 0.6 is 0 Å². The van der Waals surface area contributed by atoms with Crippen molar-refractivity contribution in [2.45, 2.75) is 69.0 Å². The zero-order valence-electron chi connectivity index (χ0n) is 27.8. The highest BCUT2D eigenvalue weighted by Gasteiger charge is 2.48. The Morgan fingerprint density at radius 1 is 0.922 bits per heavy atom. The molecule has 264 valence electrons. The summed E-state index contributed by atoms with van der Waals surface area (Å²) in [7, 11) is 0. The van der Waals surface area contributed by atoms with Crippen molar-refractivity contribution in [3.63, 3.8) is 0 Å². The molecule has 1 aliphatic heterocycles. The lowest BCUT2D eigenvalue weighted by molar-refractivity contribution is -0.255. The Balaban J connectivity index is 1.18. The van der Waals surface area contributed by atoms with Crippen molar-refractivity contribution in [1.29, 1.82) is 0 Å². The number of phenols is 2. The van der Waals surface area contributed by atoms with Crippen LogP contribution in [0.3, 0.4) is 0 Å². The van der Waals surface area contributed by atoms with Crippen molar-refractivity contribution in [2.24, 2.45) is 5.73 Å². The Morgan fingerprint density at radius 3 is 2.18 bits per heavy atom. The van der Waals surface area contributed by atoms with E-state index in [9.17, 15) is 29.7 Å². The molecule has 1 unspecified atom stereocenters. The molecule has 7 rings (SSSR count). The van der Waals surface area contributed by atoms with Gasteiger partial charge < -0.3 is 40.0 Å². The van der Waals surface area contributed by atoms with E-state index in [1.54, 1.807) is 49.4 Å². The van der Waals surface area contributed by atoms with Crippen LogP contribution in [0.2, 0.25) is 0 Å². The second kappa shape index (κ2) is 13.9. The Morgan fingerprint density at radius 2 is 1.53 bits per heavy atom. The van der Waals surface area contributed by atoms with E-state index in [0.717, 1.165) is 5.56 Å². The summed E-state index contributed by atoms with van der Waals surface area (Å²) >= 11 is 0. The molecule has 1 fully saturated rings. The van der Waals surface area contributed by atoms with E-state index in [0.29, 0.717) is 12.3 Å². The maximum atomic E-state index is 13.7. The zero-order valence-corrected chi connectivity index (χ0v) is 27.8. The molecule has 6 atom stereocenters. The number of ether oxygens (including phenoxy) is 4. The number of benzene rings is 4. The molecule has 4 aromatic rings. The van der Waals surface area contributed by atoms with Gasteiger partial charge in [-0.15, -0.1) is 0 Å². The van der Waals surface area contributed by atoms with Crippen LogP contribution in [0.1, 0.15) is 74.4 Å². The lowest BCUT2D eigenvalue weighted by atomic mass is 9.73. The third kappa shape index (κ3) is 6.72. The van der Waals surface area contributed by atoms with Crippen LogP contribution in [-0.4, -0.2) is 69.7 Å². The number of phenolic OH excluding ortho intramolecular Hbond substituents is 2. The monoisotopic (exact) mass is 694 g/mol. The number of aromatic hydroxyl groups is 2. The second-order valence-corrected chi connectivity index (χ2v) is 13.3. The van der Waals surface area contributed by atoms with Gasteiger partial charge in [0.2, 0.25) is 0 Å². The van der Waals surface area contributed by atoms with Crippen LogP contribution in [0, 0.1) is 0 Å². The summed E-state index contributed by atoms with van der Waals surface area (Å²) in [5.41, 5.74) is 5.64. The van der Waals surface area contributed by atoms with Crippen LogP contribution < -0.4 is 11.1 Å². The topological polar surface area (TPSA) is 187 Å². The van der Waals surface area contributed by atoms with E-state index >= 15 is 0 Å². The summed E-state index contributed by atoms with van der Waals surface area (Å²) in [5.74, 6) is -2.41. The molecule has 1 heterocycles. The molecule has 3 aliphatic rings. The number of amides is 1.